The number of aromatic nitrogens is 1. The molecule has 2 aromatic rings. The highest BCUT2D eigenvalue weighted by Crippen LogP contribution is 2.29. The van der Waals surface area contributed by atoms with Gasteiger partial charge in [0.2, 0.25) is 0 Å². The summed E-state index contributed by atoms with van der Waals surface area (Å²) in [5, 5.41) is 0.146. The van der Waals surface area contributed by atoms with E-state index in [1.807, 2.05) is 18.9 Å². The zero-order valence-corrected chi connectivity index (χ0v) is 16.3. The number of esters is 1. The van der Waals surface area contributed by atoms with Crippen LogP contribution >= 0.6 is 11.6 Å². The number of aryl methyl sites for hydroxylation is 1. The zero-order valence-electron chi connectivity index (χ0n) is 15.5. The molecular formula is C19H19ClF3N3O2. The van der Waals surface area contributed by atoms with Crippen molar-refractivity contribution < 1.29 is 22.7 Å². The van der Waals surface area contributed by atoms with Gasteiger partial charge >= 0.3 is 12.1 Å². The molecule has 28 heavy (non-hydrogen) atoms. The van der Waals surface area contributed by atoms with Crippen molar-refractivity contribution >= 4 is 29.6 Å². The maximum Gasteiger partial charge on any atom is 0.433 e. The number of nitrogens with zero attached hydrogens (tertiary/aromatic N) is 3. The normalized spacial score (nSPS) is 11.7. The zero-order chi connectivity index (χ0) is 20.9. The van der Waals surface area contributed by atoms with Crippen molar-refractivity contribution in [2.24, 2.45) is 4.99 Å². The SMILES string of the molecule is CCN(C)C=Nc1cc(Cl)c(C(=O)OCc2ccnc(C(F)(F)F)c2)cc1C. The number of benzene rings is 1. The molecule has 150 valence electrons. The Bertz CT molecular complexity index is 885. The van der Waals surface area contributed by atoms with Crippen LogP contribution in [0.25, 0.3) is 0 Å². The van der Waals surface area contributed by atoms with Gasteiger partial charge in [0.25, 0.3) is 0 Å². The molecule has 1 heterocycles. The second-order valence-corrected chi connectivity index (χ2v) is 6.47. The lowest BCUT2D eigenvalue weighted by Crippen LogP contribution is -2.14. The van der Waals surface area contributed by atoms with Crippen LogP contribution in [0.3, 0.4) is 0 Å². The Kier molecular flexibility index (Phi) is 7.01. The van der Waals surface area contributed by atoms with E-state index in [9.17, 15) is 18.0 Å². The Hall–Kier alpha value is -2.61. The van der Waals surface area contributed by atoms with Gasteiger partial charge in [0.1, 0.15) is 12.3 Å². The molecule has 0 fully saturated rings. The molecule has 1 aromatic heterocycles. The lowest BCUT2D eigenvalue weighted by Gasteiger charge is -2.11. The van der Waals surface area contributed by atoms with Gasteiger partial charge in [-0.15, -0.1) is 0 Å². The quantitative estimate of drug-likeness (QED) is 0.378. The minimum atomic E-state index is -4.57. The molecular weight excluding hydrogens is 395 g/mol. The molecule has 0 N–H and O–H groups in total. The minimum absolute atomic E-state index is 0.118. The Morgan fingerprint density at radius 3 is 2.71 bits per heavy atom. The van der Waals surface area contributed by atoms with Gasteiger partial charge in [-0.2, -0.15) is 13.2 Å². The summed E-state index contributed by atoms with van der Waals surface area (Å²) in [6.45, 7) is 4.20. The van der Waals surface area contributed by atoms with Crippen molar-refractivity contribution in [3.8, 4) is 0 Å². The van der Waals surface area contributed by atoms with Crippen LogP contribution in [0, 0.1) is 6.92 Å². The number of alkyl halides is 3. The Morgan fingerprint density at radius 2 is 2.07 bits per heavy atom. The molecule has 1 aromatic carbocycles. The van der Waals surface area contributed by atoms with Crippen molar-refractivity contribution in [3.63, 3.8) is 0 Å². The molecule has 0 saturated carbocycles. The Balaban J connectivity index is 2.13. The first-order valence-electron chi connectivity index (χ1n) is 8.35. The van der Waals surface area contributed by atoms with Gasteiger partial charge < -0.3 is 9.64 Å². The monoisotopic (exact) mass is 413 g/mol. The number of halogens is 4. The summed E-state index contributed by atoms with van der Waals surface area (Å²) >= 11 is 6.17. The van der Waals surface area contributed by atoms with Gasteiger partial charge in [-0.3, -0.25) is 4.98 Å². The average Bonchev–Trinajstić information content (AvgIpc) is 2.65. The third-order valence-corrected chi connectivity index (χ3v) is 4.20. The maximum absolute atomic E-state index is 12.7. The van der Waals surface area contributed by atoms with Crippen LogP contribution in [0.2, 0.25) is 5.02 Å². The molecule has 0 bridgehead atoms. The second kappa shape index (κ2) is 9.05. The molecule has 9 heteroatoms. The fourth-order valence-corrected chi connectivity index (χ4v) is 2.39. The number of carbonyl (C=O) groups excluding carboxylic acids is 1. The molecule has 0 atom stereocenters. The highest BCUT2D eigenvalue weighted by Gasteiger charge is 2.32. The smallest absolute Gasteiger partial charge is 0.433 e. The highest BCUT2D eigenvalue weighted by molar-refractivity contribution is 6.33. The summed E-state index contributed by atoms with van der Waals surface area (Å²) in [6, 6.07) is 5.26. The third-order valence-electron chi connectivity index (χ3n) is 3.88. The largest absolute Gasteiger partial charge is 0.457 e. The third kappa shape index (κ3) is 5.69. The topological polar surface area (TPSA) is 54.8 Å². The summed E-state index contributed by atoms with van der Waals surface area (Å²) in [4.78, 5) is 21.8. The molecule has 0 spiro atoms. The van der Waals surface area contributed by atoms with E-state index < -0.39 is 17.8 Å². The fraction of sp³-hybridized carbons (Fsp3) is 0.316. The maximum atomic E-state index is 12.7. The first-order chi connectivity index (χ1) is 13.1. The van der Waals surface area contributed by atoms with Crippen LogP contribution in [0.5, 0.6) is 0 Å². The summed E-state index contributed by atoms with van der Waals surface area (Å²) in [5.41, 5.74) is 0.555. The van der Waals surface area contributed by atoms with E-state index in [2.05, 4.69) is 9.98 Å². The molecule has 0 aliphatic heterocycles. The number of pyridine rings is 1. The summed E-state index contributed by atoms with van der Waals surface area (Å²) in [6.07, 6.45) is -1.90. The van der Waals surface area contributed by atoms with Crippen molar-refractivity contribution in [2.75, 3.05) is 13.6 Å². The molecule has 0 unspecified atom stereocenters. The van der Waals surface area contributed by atoms with Crippen molar-refractivity contribution in [1.82, 2.24) is 9.88 Å². The lowest BCUT2D eigenvalue weighted by atomic mass is 10.1. The average molecular weight is 414 g/mol. The molecule has 0 aliphatic rings. The molecule has 0 saturated heterocycles. The van der Waals surface area contributed by atoms with Crippen LogP contribution in [0.1, 0.15) is 34.1 Å². The Labute approximate surface area is 165 Å². The number of rotatable bonds is 6. The van der Waals surface area contributed by atoms with Gasteiger partial charge in [-0.25, -0.2) is 9.79 Å². The van der Waals surface area contributed by atoms with E-state index in [4.69, 9.17) is 16.3 Å². The first-order valence-corrected chi connectivity index (χ1v) is 8.73. The number of hydrogen-bond donors (Lipinski definition) is 0. The van der Waals surface area contributed by atoms with Crippen LogP contribution in [0.15, 0.2) is 35.5 Å². The van der Waals surface area contributed by atoms with Crippen LogP contribution in [-0.4, -0.2) is 35.8 Å². The van der Waals surface area contributed by atoms with Crippen molar-refractivity contribution in [1.29, 1.82) is 0 Å². The van der Waals surface area contributed by atoms with Gasteiger partial charge in [0, 0.05) is 19.8 Å². The van der Waals surface area contributed by atoms with Crippen molar-refractivity contribution in [2.45, 2.75) is 26.6 Å². The van der Waals surface area contributed by atoms with E-state index >= 15 is 0 Å². The number of hydrogen-bond acceptors (Lipinski definition) is 4. The van der Waals surface area contributed by atoms with E-state index in [0.717, 1.165) is 18.8 Å². The predicted octanol–water partition coefficient (Wildman–Crippen LogP) is 5.03. The molecule has 5 nitrogen and oxygen atoms in total. The fourth-order valence-electron chi connectivity index (χ4n) is 2.15. The minimum Gasteiger partial charge on any atom is -0.457 e. The molecule has 2 rings (SSSR count). The molecule has 0 aliphatic carbocycles. The first kappa shape index (κ1) is 21.7. The van der Waals surface area contributed by atoms with Crippen molar-refractivity contribution in [3.05, 3.63) is 57.9 Å². The van der Waals surface area contributed by atoms with E-state index in [0.29, 0.717) is 11.3 Å². The van der Waals surface area contributed by atoms with E-state index in [-0.39, 0.29) is 22.8 Å². The molecule has 0 radical (unpaired) electrons. The lowest BCUT2D eigenvalue weighted by molar-refractivity contribution is -0.141. The number of aliphatic imine (C=N–C) groups is 1. The van der Waals surface area contributed by atoms with Crippen LogP contribution in [0.4, 0.5) is 18.9 Å². The predicted molar refractivity (Wildman–Crippen MR) is 101 cm³/mol. The van der Waals surface area contributed by atoms with Gasteiger partial charge in [0.05, 0.1) is 22.6 Å². The summed E-state index contributed by atoms with van der Waals surface area (Å²) < 4.78 is 43.2. The number of carbonyl (C=O) groups is 1. The number of ether oxygens (including phenoxy) is 1. The summed E-state index contributed by atoms with van der Waals surface area (Å²) in [5.74, 6) is -0.736. The summed E-state index contributed by atoms with van der Waals surface area (Å²) in [7, 11) is 1.87. The van der Waals surface area contributed by atoms with Gasteiger partial charge in [0.15, 0.2) is 0 Å². The van der Waals surface area contributed by atoms with Crippen LogP contribution < -0.4 is 0 Å². The Morgan fingerprint density at radius 1 is 1.36 bits per heavy atom. The van der Waals surface area contributed by atoms with Gasteiger partial charge in [-0.05, 0) is 49.2 Å². The molecule has 0 amide bonds. The van der Waals surface area contributed by atoms with Crippen LogP contribution in [-0.2, 0) is 17.5 Å². The highest BCUT2D eigenvalue weighted by atomic mass is 35.5. The van der Waals surface area contributed by atoms with E-state index in [1.54, 1.807) is 19.3 Å². The van der Waals surface area contributed by atoms with E-state index in [1.165, 1.54) is 12.1 Å². The van der Waals surface area contributed by atoms with Gasteiger partial charge in [-0.1, -0.05) is 11.6 Å². The second-order valence-electron chi connectivity index (χ2n) is 6.06. The standard InChI is InChI=1S/C19H19ClF3N3O2/c1-4-26(3)11-25-16-9-15(20)14(7-12(16)2)18(27)28-10-13-5-6-24-17(8-13)19(21,22)23/h5-9,11H,4,10H2,1-3H3.